The van der Waals surface area contributed by atoms with E-state index < -0.39 is 28.6 Å². The molecule has 0 aliphatic carbocycles. The first-order chi connectivity index (χ1) is 10.9. The molecule has 124 valence electrons. The third kappa shape index (κ3) is 3.27. The van der Waals surface area contributed by atoms with Crippen LogP contribution in [0.5, 0.6) is 0 Å². The lowest BCUT2D eigenvalue weighted by atomic mass is 9.93. The van der Waals surface area contributed by atoms with Crippen molar-refractivity contribution in [1.82, 2.24) is 0 Å². The smallest absolute Gasteiger partial charge is 0.415 e. The van der Waals surface area contributed by atoms with E-state index in [1.807, 2.05) is 6.07 Å². The van der Waals surface area contributed by atoms with Crippen LogP contribution < -0.4 is 4.90 Å². The summed E-state index contributed by atoms with van der Waals surface area (Å²) in [6, 6.07) is 6.38. The Bertz CT molecular complexity index is 666. The molecule has 3 rings (SSSR count). The van der Waals surface area contributed by atoms with Crippen molar-refractivity contribution in [2.24, 2.45) is 0 Å². The van der Waals surface area contributed by atoms with Gasteiger partial charge in [0.25, 0.3) is 0 Å². The molecule has 2 heterocycles. The Morgan fingerprint density at radius 1 is 1.35 bits per heavy atom. The number of carbonyl (C=O) groups is 1. The molecule has 1 aromatic carbocycles. The van der Waals surface area contributed by atoms with E-state index in [-0.39, 0.29) is 12.5 Å². The summed E-state index contributed by atoms with van der Waals surface area (Å²) in [5.41, 5.74) is 0.877. The molecule has 0 bridgehead atoms. The lowest BCUT2D eigenvalue weighted by molar-refractivity contribution is 0.162. The molecule has 23 heavy (non-hydrogen) atoms. The summed E-state index contributed by atoms with van der Waals surface area (Å²) < 4.78 is 38.5. The molecule has 2 aliphatic heterocycles. The lowest BCUT2D eigenvalue weighted by Gasteiger charge is -2.39. The number of hydrogen-bond donors (Lipinski definition) is 2. The summed E-state index contributed by atoms with van der Waals surface area (Å²) in [5, 5.41) is 8.79. The fraction of sp³-hybridized carbons (Fsp3) is 0.467. The number of cyclic esters (lactones) is 1. The Morgan fingerprint density at radius 2 is 2.04 bits per heavy atom. The van der Waals surface area contributed by atoms with Crippen molar-refractivity contribution in [2.75, 3.05) is 23.0 Å². The first-order valence-electron chi connectivity index (χ1n) is 7.30. The Hall–Kier alpha value is -1.82. The SMILES string of the molecule is N#C[C@H]1CN(c2ccc(C3CCS(O)(O)CC3)c(F)c2)C(=O)O1. The van der Waals surface area contributed by atoms with Gasteiger partial charge in [-0.15, -0.1) is 0 Å². The minimum atomic E-state index is -2.50. The molecule has 0 spiro atoms. The summed E-state index contributed by atoms with van der Waals surface area (Å²) in [6.07, 6.45) is -0.439. The molecule has 1 amide bonds. The number of nitrogens with zero attached hydrogens (tertiary/aromatic N) is 2. The van der Waals surface area contributed by atoms with Gasteiger partial charge in [-0.2, -0.15) is 15.9 Å². The van der Waals surface area contributed by atoms with Gasteiger partial charge in [0.2, 0.25) is 6.10 Å². The maximum absolute atomic E-state index is 14.4. The summed E-state index contributed by atoms with van der Waals surface area (Å²) in [5.74, 6) is 0.0999. The Morgan fingerprint density at radius 3 is 2.61 bits per heavy atom. The van der Waals surface area contributed by atoms with E-state index in [4.69, 9.17) is 10.00 Å². The molecular weight excluding hydrogens is 323 g/mol. The van der Waals surface area contributed by atoms with E-state index in [0.717, 1.165) is 0 Å². The average Bonchev–Trinajstić information content (AvgIpc) is 2.89. The van der Waals surface area contributed by atoms with E-state index >= 15 is 0 Å². The van der Waals surface area contributed by atoms with E-state index in [0.29, 0.717) is 35.6 Å². The summed E-state index contributed by atoms with van der Waals surface area (Å²) in [4.78, 5) is 12.9. The van der Waals surface area contributed by atoms with Crippen LogP contribution in [0.1, 0.15) is 24.3 Å². The standard InChI is InChI=1S/C15H17FN2O4S/c16-14-7-11(18-9-12(8-17)22-15(18)19)1-2-13(14)10-3-5-23(20,21)6-4-10/h1-2,7,10,12,20-21H,3-6,9H2/t12-/m0/s1. The van der Waals surface area contributed by atoms with Gasteiger partial charge in [0.1, 0.15) is 11.9 Å². The van der Waals surface area contributed by atoms with Crippen molar-refractivity contribution in [1.29, 1.82) is 5.26 Å². The van der Waals surface area contributed by atoms with E-state index in [9.17, 15) is 18.3 Å². The lowest BCUT2D eigenvalue weighted by Crippen LogP contribution is -2.25. The second-order valence-electron chi connectivity index (χ2n) is 5.80. The zero-order valence-corrected chi connectivity index (χ0v) is 13.1. The molecule has 0 saturated carbocycles. The zero-order chi connectivity index (χ0) is 16.6. The minimum Gasteiger partial charge on any atom is -0.428 e. The number of halogens is 1. The van der Waals surface area contributed by atoms with Gasteiger partial charge < -0.3 is 4.74 Å². The molecule has 0 unspecified atom stereocenters. The van der Waals surface area contributed by atoms with Crippen LogP contribution in [-0.4, -0.2) is 39.4 Å². The fourth-order valence-electron chi connectivity index (χ4n) is 2.98. The highest BCUT2D eigenvalue weighted by Gasteiger charge is 2.33. The number of ether oxygens (including phenoxy) is 1. The summed E-state index contributed by atoms with van der Waals surface area (Å²) >= 11 is 0. The summed E-state index contributed by atoms with van der Waals surface area (Å²) in [7, 11) is -2.50. The molecule has 1 atom stereocenters. The van der Waals surface area contributed by atoms with Crippen LogP contribution in [0.25, 0.3) is 0 Å². The first kappa shape index (κ1) is 16.1. The van der Waals surface area contributed by atoms with Gasteiger partial charge in [0.05, 0.1) is 12.2 Å². The summed E-state index contributed by atoms with van der Waals surface area (Å²) in [6.45, 7) is 0.0818. The van der Waals surface area contributed by atoms with Crippen molar-refractivity contribution in [3.05, 3.63) is 29.6 Å². The fourth-order valence-corrected chi connectivity index (χ4v) is 4.50. The first-order valence-corrected chi connectivity index (χ1v) is 9.19. The normalized spacial score (nSPS) is 25.7. The van der Waals surface area contributed by atoms with Gasteiger partial charge in [-0.1, -0.05) is 6.07 Å². The second kappa shape index (κ2) is 6.00. The second-order valence-corrected chi connectivity index (χ2v) is 8.22. The highest BCUT2D eigenvalue weighted by atomic mass is 32.3. The van der Waals surface area contributed by atoms with Crippen LogP contribution in [0.2, 0.25) is 0 Å². The van der Waals surface area contributed by atoms with Crippen molar-refractivity contribution in [2.45, 2.75) is 24.9 Å². The van der Waals surface area contributed by atoms with Crippen LogP contribution in [0.15, 0.2) is 18.2 Å². The maximum Gasteiger partial charge on any atom is 0.415 e. The largest absolute Gasteiger partial charge is 0.428 e. The Labute approximate surface area is 134 Å². The van der Waals surface area contributed by atoms with Gasteiger partial charge in [-0.05, 0) is 36.5 Å². The zero-order valence-electron chi connectivity index (χ0n) is 12.3. The molecule has 2 N–H and O–H groups in total. The van der Waals surface area contributed by atoms with Crippen molar-refractivity contribution < 1.29 is 23.0 Å². The van der Waals surface area contributed by atoms with Gasteiger partial charge in [0.15, 0.2) is 0 Å². The molecule has 0 aromatic heterocycles. The number of nitriles is 1. The van der Waals surface area contributed by atoms with Crippen LogP contribution in [0.3, 0.4) is 0 Å². The molecule has 8 heteroatoms. The predicted octanol–water partition coefficient (Wildman–Crippen LogP) is 3.30. The van der Waals surface area contributed by atoms with Gasteiger partial charge in [0, 0.05) is 11.5 Å². The predicted molar refractivity (Wildman–Crippen MR) is 84.2 cm³/mol. The third-order valence-corrected chi connectivity index (χ3v) is 6.06. The molecule has 2 fully saturated rings. The Balaban J connectivity index is 1.77. The number of amides is 1. The van der Waals surface area contributed by atoms with Crippen LogP contribution >= 0.6 is 10.6 Å². The van der Waals surface area contributed by atoms with E-state index in [1.165, 1.54) is 11.0 Å². The average molecular weight is 340 g/mol. The van der Waals surface area contributed by atoms with E-state index in [1.54, 1.807) is 12.1 Å². The van der Waals surface area contributed by atoms with Gasteiger partial charge in [-0.25, -0.2) is 9.18 Å². The van der Waals surface area contributed by atoms with E-state index in [2.05, 4.69) is 0 Å². The number of hydrogen-bond acceptors (Lipinski definition) is 5. The van der Waals surface area contributed by atoms with Crippen molar-refractivity contribution in [3.8, 4) is 6.07 Å². The highest BCUT2D eigenvalue weighted by molar-refractivity contribution is 8.24. The number of rotatable bonds is 2. The molecule has 2 saturated heterocycles. The maximum atomic E-state index is 14.4. The molecule has 6 nitrogen and oxygen atoms in total. The molecular formula is C15H17FN2O4S. The molecule has 0 radical (unpaired) electrons. The quantitative estimate of drug-likeness (QED) is 0.861. The number of anilines is 1. The van der Waals surface area contributed by atoms with Crippen LogP contribution in [-0.2, 0) is 4.74 Å². The minimum absolute atomic E-state index is 0.0543. The van der Waals surface area contributed by atoms with Crippen molar-refractivity contribution in [3.63, 3.8) is 0 Å². The number of benzene rings is 1. The van der Waals surface area contributed by atoms with Crippen molar-refractivity contribution >= 4 is 22.4 Å². The van der Waals surface area contributed by atoms with Crippen LogP contribution in [0.4, 0.5) is 14.9 Å². The Kier molecular flexibility index (Phi) is 4.19. The van der Waals surface area contributed by atoms with Gasteiger partial charge in [-0.3, -0.25) is 14.0 Å². The molecule has 2 aliphatic rings. The monoisotopic (exact) mass is 340 g/mol. The molecule has 1 aromatic rings. The topological polar surface area (TPSA) is 93.8 Å². The third-order valence-electron chi connectivity index (χ3n) is 4.28. The number of carbonyl (C=O) groups excluding carboxylic acids is 1. The van der Waals surface area contributed by atoms with Gasteiger partial charge >= 0.3 is 6.09 Å². The highest BCUT2D eigenvalue weighted by Crippen LogP contribution is 2.48. The van der Waals surface area contributed by atoms with Crippen LogP contribution in [0, 0.1) is 17.1 Å².